The van der Waals surface area contributed by atoms with Crippen molar-refractivity contribution in [3.8, 4) is 23.0 Å². The SMILES string of the molecule is CCc1ncnc2cc(OC)c(O)cc12.COc1ccccc1O. The van der Waals surface area contributed by atoms with Crippen LogP contribution in [0.5, 0.6) is 23.0 Å². The van der Waals surface area contributed by atoms with Gasteiger partial charge >= 0.3 is 0 Å². The van der Waals surface area contributed by atoms with Crippen LogP contribution in [0.3, 0.4) is 0 Å². The number of aryl methyl sites for hydroxylation is 1. The third-order valence-corrected chi connectivity index (χ3v) is 3.44. The first kappa shape index (κ1) is 17.3. The van der Waals surface area contributed by atoms with Gasteiger partial charge < -0.3 is 19.7 Å². The molecule has 6 nitrogen and oxygen atoms in total. The number of hydrogen-bond donors (Lipinski definition) is 2. The molecule has 0 aliphatic carbocycles. The van der Waals surface area contributed by atoms with E-state index in [2.05, 4.69) is 9.97 Å². The fourth-order valence-electron chi connectivity index (χ4n) is 2.20. The summed E-state index contributed by atoms with van der Waals surface area (Å²) in [6.45, 7) is 2.02. The van der Waals surface area contributed by atoms with Gasteiger partial charge in [0.05, 0.1) is 25.4 Å². The Bertz CT molecular complexity index is 821. The predicted octanol–water partition coefficient (Wildman–Crippen LogP) is 3.31. The number of methoxy groups -OCH3 is 2. The molecule has 1 aromatic heterocycles. The van der Waals surface area contributed by atoms with Crippen molar-refractivity contribution in [1.29, 1.82) is 0 Å². The Hall–Kier alpha value is -3.02. The molecular formula is C18H20N2O4. The first-order valence-corrected chi connectivity index (χ1v) is 7.43. The molecule has 0 radical (unpaired) electrons. The van der Waals surface area contributed by atoms with Gasteiger partial charge in [-0.3, -0.25) is 0 Å². The lowest BCUT2D eigenvalue weighted by Crippen LogP contribution is -1.92. The maximum atomic E-state index is 9.65. The van der Waals surface area contributed by atoms with Gasteiger partial charge in [-0.2, -0.15) is 0 Å². The first-order chi connectivity index (χ1) is 11.6. The van der Waals surface area contributed by atoms with Gasteiger partial charge in [-0.15, -0.1) is 0 Å². The minimum absolute atomic E-state index is 0.120. The second kappa shape index (κ2) is 8.01. The number of nitrogens with zero attached hydrogens (tertiary/aromatic N) is 2. The zero-order valence-corrected chi connectivity index (χ0v) is 13.9. The van der Waals surface area contributed by atoms with Crippen molar-refractivity contribution >= 4 is 10.9 Å². The molecule has 24 heavy (non-hydrogen) atoms. The molecule has 3 aromatic rings. The Kier molecular flexibility index (Phi) is 5.78. The molecule has 0 aliphatic heterocycles. The van der Waals surface area contributed by atoms with Crippen molar-refractivity contribution in [3.63, 3.8) is 0 Å². The summed E-state index contributed by atoms with van der Waals surface area (Å²) in [5.74, 6) is 1.25. The van der Waals surface area contributed by atoms with E-state index in [0.717, 1.165) is 23.0 Å². The molecule has 1 heterocycles. The molecule has 126 valence electrons. The molecule has 2 N–H and O–H groups in total. The molecule has 0 spiro atoms. The Balaban J connectivity index is 0.000000198. The standard InChI is InChI=1S/C11H12N2O2.C7H8O2/c1-3-8-7-4-10(14)11(15-2)5-9(7)13-6-12-8;1-9-7-5-3-2-4-6(7)8/h4-6,14H,3H2,1-2H3;2-5,8H,1H3. The van der Waals surface area contributed by atoms with E-state index in [1.807, 2.05) is 6.92 Å². The van der Waals surface area contributed by atoms with Crippen molar-refractivity contribution < 1.29 is 19.7 Å². The lowest BCUT2D eigenvalue weighted by atomic mass is 10.1. The molecule has 0 bridgehead atoms. The van der Waals surface area contributed by atoms with Gasteiger partial charge in [-0.25, -0.2) is 9.97 Å². The maximum absolute atomic E-state index is 9.65. The van der Waals surface area contributed by atoms with E-state index in [4.69, 9.17) is 14.6 Å². The Labute approximate surface area is 140 Å². The second-order valence-electron chi connectivity index (χ2n) is 4.89. The number of rotatable bonds is 3. The number of para-hydroxylation sites is 2. The fraction of sp³-hybridized carbons (Fsp3) is 0.222. The van der Waals surface area contributed by atoms with Crippen molar-refractivity contribution in [2.75, 3.05) is 14.2 Å². The van der Waals surface area contributed by atoms with Crippen LogP contribution in [0.4, 0.5) is 0 Å². The molecular weight excluding hydrogens is 308 g/mol. The summed E-state index contributed by atoms with van der Waals surface area (Å²) < 4.78 is 9.81. The summed E-state index contributed by atoms with van der Waals surface area (Å²) in [6, 6.07) is 10.2. The largest absolute Gasteiger partial charge is 0.504 e. The molecule has 0 fully saturated rings. The zero-order chi connectivity index (χ0) is 17.5. The van der Waals surface area contributed by atoms with Crippen LogP contribution < -0.4 is 9.47 Å². The summed E-state index contributed by atoms with van der Waals surface area (Å²) in [5, 5.41) is 19.5. The van der Waals surface area contributed by atoms with Gasteiger partial charge in [0, 0.05) is 11.5 Å². The number of aromatic nitrogens is 2. The molecule has 0 amide bonds. The molecule has 0 atom stereocenters. The Morgan fingerprint density at radius 2 is 1.62 bits per heavy atom. The normalized spacial score (nSPS) is 9.96. The third kappa shape index (κ3) is 3.84. The Morgan fingerprint density at radius 3 is 2.21 bits per heavy atom. The number of ether oxygens (including phenoxy) is 2. The number of fused-ring (bicyclic) bond motifs is 1. The van der Waals surface area contributed by atoms with Crippen molar-refractivity contribution in [2.45, 2.75) is 13.3 Å². The minimum Gasteiger partial charge on any atom is -0.504 e. The molecule has 0 saturated heterocycles. The highest BCUT2D eigenvalue weighted by molar-refractivity contribution is 5.84. The minimum atomic E-state index is 0.120. The van der Waals surface area contributed by atoms with E-state index >= 15 is 0 Å². The van der Waals surface area contributed by atoms with E-state index in [9.17, 15) is 5.11 Å². The van der Waals surface area contributed by atoms with Crippen LogP contribution in [0.2, 0.25) is 0 Å². The average molecular weight is 328 g/mol. The smallest absolute Gasteiger partial charge is 0.162 e. The summed E-state index contributed by atoms with van der Waals surface area (Å²) in [6.07, 6.45) is 2.34. The summed E-state index contributed by atoms with van der Waals surface area (Å²) in [7, 11) is 3.04. The zero-order valence-electron chi connectivity index (χ0n) is 13.9. The molecule has 0 saturated carbocycles. The number of aromatic hydroxyl groups is 2. The molecule has 2 aromatic carbocycles. The van der Waals surface area contributed by atoms with E-state index in [1.54, 1.807) is 36.4 Å². The summed E-state index contributed by atoms with van der Waals surface area (Å²) >= 11 is 0. The maximum Gasteiger partial charge on any atom is 0.162 e. The predicted molar refractivity (Wildman–Crippen MR) is 91.8 cm³/mol. The van der Waals surface area contributed by atoms with Crippen LogP contribution >= 0.6 is 0 Å². The van der Waals surface area contributed by atoms with Gasteiger partial charge in [0.2, 0.25) is 0 Å². The van der Waals surface area contributed by atoms with Gasteiger partial charge in [-0.05, 0) is 24.6 Å². The summed E-state index contributed by atoms with van der Waals surface area (Å²) in [5.41, 5.74) is 1.72. The molecule has 0 unspecified atom stereocenters. The number of phenols is 2. The summed E-state index contributed by atoms with van der Waals surface area (Å²) in [4.78, 5) is 8.30. The fourth-order valence-corrected chi connectivity index (χ4v) is 2.20. The lowest BCUT2D eigenvalue weighted by molar-refractivity contribution is 0.373. The molecule has 3 rings (SSSR count). The van der Waals surface area contributed by atoms with Gasteiger partial charge in [0.25, 0.3) is 0 Å². The average Bonchev–Trinajstić information content (AvgIpc) is 2.61. The number of hydrogen-bond acceptors (Lipinski definition) is 6. The van der Waals surface area contributed by atoms with Crippen molar-refractivity contribution in [1.82, 2.24) is 9.97 Å². The van der Waals surface area contributed by atoms with Crippen LogP contribution in [0.25, 0.3) is 10.9 Å². The topological polar surface area (TPSA) is 84.7 Å². The van der Waals surface area contributed by atoms with Crippen molar-refractivity contribution in [2.24, 2.45) is 0 Å². The van der Waals surface area contributed by atoms with Gasteiger partial charge in [0.1, 0.15) is 6.33 Å². The lowest BCUT2D eigenvalue weighted by Gasteiger charge is -2.06. The van der Waals surface area contributed by atoms with Crippen LogP contribution in [0.15, 0.2) is 42.7 Å². The molecule has 6 heteroatoms. The van der Waals surface area contributed by atoms with Crippen molar-refractivity contribution in [3.05, 3.63) is 48.4 Å². The second-order valence-corrected chi connectivity index (χ2v) is 4.89. The van der Waals surface area contributed by atoms with E-state index in [0.29, 0.717) is 11.5 Å². The van der Waals surface area contributed by atoms with E-state index in [-0.39, 0.29) is 11.5 Å². The third-order valence-electron chi connectivity index (χ3n) is 3.44. The van der Waals surface area contributed by atoms with E-state index < -0.39 is 0 Å². The van der Waals surface area contributed by atoms with Crippen LogP contribution in [-0.2, 0) is 6.42 Å². The first-order valence-electron chi connectivity index (χ1n) is 7.43. The highest BCUT2D eigenvalue weighted by Gasteiger charge is 2.07. The van der Waals surface area contributed by atoms with Crippen LogP contribution in [0, 0.1) is 0 Å². The Morgan fingerprint density at radius 1 is 0.917 bits per heavy atom. The monoisotopic (exact) mass is 328 g/mol. The van der Waals surface area contributed by atoms with Gasteiger partial charge in [0.15, 0.2) is 23.0 Å². The number of phenolic OH excluding ortho intramolecular Hbond substituents is 2. The molecule has 0 aliphatic rings. The van der Waals surface area contributed by atoms with Crippen LogP contribution in [-0.4, -0.2) is 34.4 Å². The number of benzene rings is 2. The quantitative estimate of drug-likeness (QED) is 0.767. The highest BCUT2D eigenvalue weighted by Crippen LogP contribution is 2.31. The van der Waals surface area contributed by atoms with E-state index in [1.165, 1.54) is 20.5 Å². The highest BCUT2D eigenvalue weighted by atomic mass is 16.5. The van der Waals surface area contributed by atoms with Gasteiger partial charge in [-0.1, -0.05) is 19.1 Å². The van der Waals surface area contributed by atoms with Crippen LogP contribution in [0.1, 0.15) is 12.6 Å².